The summed E-state index contributed by atoms with van der Waals surface area (Å²) in [7, 11) is -3.78. The predicted molar refractivity (Wildman–Crippen MR) is 116 cm³/mol. The normalized spacial score (nSPS) is 12.6. The van der Waals surface area contributed by atoms with Gasteiger partial charge in [-0.3, -0.25) is 4.57 Å². The first-order valence-electron chi connectivity index (χ1n) is 9.51. The highest BCUT2D eigenvalue weighted by Crippen LogP contribution is 2.31. The molecule has 0 bridgehead atoms. The van der Waals surface area contributed by atoms with Gasteiger partial charge in [-0.2, -0.15) is 0 Å². The molecule has 0 unspecified atom stereocenters. The topological polar surface area (TPSA) is 84.2 Å². The lowest BCUT2D eigenvalue weighted by Gasteiger charge is -2.20. The van der Waals surface area contributed by atoms with Crippen molar-refractivity contribution in [2.24, 2.45) is 0 Å². The van der Waals surface area contributed by atoms with Crippen molar-refractivity contribution in [2.45, 2.75) is 51.0 Å². The van der Waals surface area contributed by atoms with Crippen LogP contribution in [0.1, 0.15) is 39.1 Å². The number of aromatic nitrogens is 2. The fourth-order valence-electron chi connectivity index (χ4n) is 3.26. The van der Waals surface area contributed by atoms with E-state index < -0.39 is 15.6 Å². The highest BCUT2D eigenvalue weighted by Gasteiger charge is 2.26. The van der Waals surface area contributed by atoms with Gasteiger partial charge in [0.1, 0.15) is 10.7 Å². The molecule has 1 heterocycles. The predicted octanol–water partition coefficient (Wildman–Crippen LogP) is 3.85. The monoisotopic (exact) mass is 435 g/mol. The van der Waals surface area contributed by atoms with E-state index in [0.29, 0.717) is 18.4 Å². The number of imidazole rings is 1. The van der Waals surface area contributed by atoms with Crippen LogP contribution in [0.2, 0.25) is 5.02 Å². The molecule has 0 aliphatic heterocycles. The summed E-state index contributed by atoms with van der Waals surface area (Å²) < 4.78 is 30.2. The van der Waals surface area contributed by atoms with Crippen LogP contribution >= 0.6 is 11.6 Å². The maximum absolute atomic E-state index is 12.8. The van der Waals surface area contributed by atoms with Crippen LogP contribution in [0, 0.1) is 0 Å². The van der Waals surface area contributed by atoms with Crippen molar-refractivity contribution in [3.8, 4) is 5.69 Å². The fraction of sp³-hybridized carbons (Fsp3) is 0.381. The SMILES string of the molecule is CCc1nc2cc(S(=O)(=O)NC(C)(C)C)c(Cl)cc2n1-c1ccc(CCO)cc1. The van der Waals surface area contributed by atoms with Crippen LogP contribution in [0.25, 0.3) is 16.7 Å². The van der Waals surface area contributed by atoms with Gasteiger partial charge in [0.15, 0.2) is 0 Å². The Morgan fingerprint density at radius 2 is 1.83 bits per heavy atom. The van der Waals surface area contributed by atoms with E-state index >= 15 is 0 Å². The van der Waals surface area contributed by atoms with Crippen LogP contribution in [0.4, 0.5) is 0 Å². The minimum Gasteiger partial charge on any atom is -0.396 e. The molecule has 156 valence electrons. The molecule has 6 nitrogen and oxygen atoms in total. The highest BCUT2D eigenvalue weighted by atomic mass is 35.5. The summed E-state index contributed by atoms with van der Waals surface area (Å²) in [5.74, 6) is 0.810. The lowest BCUT2D eigenvalue weighted by Crippen LogP contribution is -2.40. The third-order valence-corrected chi connectivity index (χ3v) is 6.64. The Bertz CT molecular complexity index is 1130. The summed E-state index contributed by atoms with van der Waals surface area (Å²) in [4.78, 5) is 4.67. The third kappa shape index (κ3) is 4.64. The van der Waals surface area contributed by atoms with E-state index in [2.05, 4.69) is 9.71 Å². The lowest BCUT2D eigenvalue weighted by atomic mass is 10.1. The van der Waals surface area contributed by atoms with E-state index in [9.17, 15) is 8.42 Å². The molecule has 2 N–H and O–H groups in total. The van der Waals surface area contributed by atoms with Crippen LogP contribution in [0.15, 0.2) is 41.3 Å². The number of fused-ring (bicyclic) bond motifs is 1. The average Bonchev–Trinajstić information content (AvgIpc) is 2.97. The van der Waals surface area contributed by atoms with Crippen molar-refractivity contribution < 1.29 is 13.5 Å². The van der Waals surface area contributed by atoms with Crippen LogP contribution in [0.5, 0.6) is 0 Å². The number of hydrogen-bond donors (Lipinski definition) is 2. The molecule has 0 aliphatic rings. The fourth-order valence-corrected chi connectivity index (χ4v) is 5.22. The van der Waals surface area contributed by atoms with E-state index in [1.807, 2.05) is 35.8 Å². The Labute approximate surface area is 176 Å². The Balaban J connectivity index is 2.15. The van der Waals surface area contributed by atoms with Crippen molar-refractivity contribution >= 4 is 32.7 Å². The molecule has 0 aliphatic carbocycles. The second-order valence-corrected chi connectivity index (χ2v) is 10.0. The molecule has 0 spiro atoms. The average molecular weight is 436 g/mol. The standard InChI is InChI=1S/C21H26ClN3O3S/c1-5-20-23-17-13-19(29(27,28)24-21(2,3)4)16(22)12-18(17)25(20)15-8-6-14(7-9-15)10-11-26/h6-9,12-13,24,26H,5,10-11H2,1-4H3. The van der Waals surface area contributed by atoms with Gasteiger partial charge in [-0.1, -0.05) is 30.7 Å². The molecule has 0 radical (unpaired) electrons. The van der Waals surface area contributed by atoms with Crippen molar-refractivity contribution in [1.82, 2.24) is 14.3 Å². The number of nitrogens with zero attached hydrogens (tertiary/aromatic N) is 2. The summed E-state index contributed by atoms with van der Waals surface area (Å²) >= 11 is 6.41. The first-order chi connectivity index (χ1) is 13.6. The molecule has 3 aromatic rings. The van der Waals surface area contributed by atoms with Gasteiger partial charge in [-0.15, -0.1) is 0 Å². The number of aliphatic hydroxyl groups excluding tert-OH is 1. The molecule has 1 aromatic heterocycles. The molecule has 0 saturated carbocycles. The zero-order valence-electron chi connectivity index (χ0n) is 17.0. The summed E-state index contributed by atoms with van der Waals surface area (Å²) in [6, 6.07) is 11.0. The van der Waals surface area contributed by atoms with E-state index in [4.69, 9.17) is 16.7 Å². The second kappa shape index (κ2) is 8.07. The number of halogens is 1. The van der Waals surface area contributed by atoms with Crippen LogP contribution in [-0.4, -0.2) is 35.2 Å². The van der Waals surface area contributed by atoms with Crippen molar-refractivity contribution in [1.29, 1.82) is 0 Å². The van der Waals surface area contributed by atoms with Crippen molar-refractivity contribution in [2.75, 3.05) is 6.61 Å². The van der Waals surface area contributed by atoms with Gasteiger partial charge >= 0.3 is 0 Å². The Morgan fingerprint density at radius 1 is 1.17 bits per heavy atom. The summed E-state index contributed by atoms with van der Waals surface area (Å²) in [6.45, 7) is 7.44. The van der Waals surface area contributed by atoms with Gasteiger partial charge in [0, 0.05) is 24.3 Å². The van der Waals surface area contributed by atoms with Gasteiger partial charge in [0.05, 0.1) is 16.1 Å². The molecule has 0 amide bonds. The zero-order chi connectivity index (χ0) is 21.4. The Morgan fingerprint density at radius 3 is 2.38 bits per heavy atom. The highest BCUT2D eigenvalue weighted by molar-refractivity contribution is 7.89. The number of sulfonamides is 1. The third-order valence-electron chi connectivity index (χ3n) is 4.42. The maximum atomic E-state index is 12.8. The van der Waals surface area contributed by atoms with E-state index in [-0.39, 0.29) is 16.5 Å². The molecular formula is C21H26ClN3O3S. The smallest absolute Gasteiger partial charge is 0.242 e. The number of nitrogens with one attached hydrogen (secondary N) is 1. The van der Waals surface area contributed by atoms with Gasteiger partial charge in [-0.05, 0) is 57.0 Å². The summed E-state index contributed by atoms with van der Waals surface area (Å²) in [5, 5.41) is 9.25. The number of hydrogen-bond acceptors (Lipinski definition) is 4. The molecule has 29 heavy (non-hydrogen) atoms. The van der Waals surface area contributed by atoms with E-state index in [1.165, 1.54) is 6.07 Å². The van der Waals surface area contributed by atoms with E-state index in [0.717, 1.165) is 22.6 Å². The summed E-state index contributed by atoms with van der Waals surface area (Å²) in [6.07, 6.45) is 1.27. The van der Waals surface area contributed by atoms with E-state index in [1.54, 1.807) is 26.8 Å². The molecule has 2 aromatic carbocycles. The molecule has 0 saturated heterocycles. The first-order valence-corrected chi connectivity index (χ1v) is 11.4. The lowest BCUT2D eigenvalue weighted by molar-refractivity contribution is 0.299. The Hall–Kier alpha value is -1.93. The minimum absolute atomic E-state index is 0.0205. The Kier molecular flexibility index (Phi) is 6.06. The zero-order valence-corrected chi connectivity index (χ0v) is 18.6. The maximum Gasteiger partial charge on any atom is 0.242 e. The quantitative estimate of drug-likeness (QED) is 0.615. The first kappa shape index (κ1) is 21.8. The van der Waals surface area contributed by atoms with Crippen LogP contribution in [0.3, 0.4) is 0 Å². The van der Waals surface area contributed by atoms with Crippen LogP contribution in [-0.2, 0) is 22.9 Å². The van der Waals surface area contributed by atoms with Gasteiger partial charge in [-0.25, -0.2) is 18.1 Å². The van der Waals surface area contributed by atoms with Gasteiger partial charge in [0.25, 0.3) is 0 Å². The summed E-state index contributed by atoms with van der Waals surface area (Å²) in [5.41, 5.74) is 2.64. The molecule has 8 heteroatoms. The largest absolute Gasteiger partial charge is 0.396 e. The number of rotatable bonds is 6. The molecule has 0 fully saturated rings. The molecule has 3 rings (SSSR count). The molecule has 0 atom stereocenters. The van der Waals surface area contributed by atoms with Crippen molar-refractivity contribution in [3.05, 3.63) is 52.8 Å². The minimum atomic E-state index is -3.78. The second-order valence-electron chi connectivity index (χ2n) is 7.98. The van der Waals surface area contributed by atoms with Gasteiger partial charge < -0.3 is 5.11 Å². The number of aliphatic hydroxyl groups is 1. The van der Waals surface area contributed by atoms with Gasteiger partial charge in [0.2, 0.25) is 10.0 Å². The number of aryl methyl sites for hydroxylation is 1. The molecular weight excluding hydrogens is 410 g/mol. The van der Waals surface area contributed by atoms with Crippen LogP contribution < -0.4 is 4.72 Å². The van der Waals surface area contributed by atoms with Crippen molar-refractivity contribution in [3.63, 3.8) is 0 Å². The number of benzene rings is 2.